The van der Waals surface area contributed by atoms with E-state index in [0.717, 1.165) is 24.4 Å². The zero-order chi connectivity index (χ0) is 13.2. The SMILES string of the molecule is CS(=O)(=O)Nc1ccc(NCC2CCC2)cc1Cl. The van der Waals surface area contributed by atoms with Crippen molar-refractivity contribution in [3.05, 3.63) is 23.2 Å². The molecule has 0 aliphatic heterocycles. The van der Waals surface area contributed by atoms with Crippen LogP contribution in [0.3, 0.4) is 0 Å². The summed E-state index contributed by atoms with van der Waals surface area (Å²) in [5.41, 5.74) is 1.33. The van der Waals surface area contributed by atoms with E-state index < -0.39 is 10.0 Å². The molecule has 100 valence electrons. The number of nitrogens with one attached hydrogen (secondary N) is 2. The summed E-state index contributed by atoms with van der Waals surface area (Å²) in [4.78, 5) is 0. The highest BCUT2D eigenvalue weighted by Crippen LogP contribution is 2.29. The first-order valence-corrected chi connectivity index (χ1v) is 8.22. The van der Waals surface area contributed by atoms with Gasteiger partial charge in [0.05, 0.1) is 17.0 Å². The second-order valence-corrected chi connectivity index (χ2v) is 6.90. The minimum Gasteiger partial charge on any atom is -0.385 e. The molecule has 2 rings (SSSR count). The largest absolute Gasteiger partial charge is 0.385 e. The van der Waals surface area contributed by atoms with Crippen LogP contribution in [0.15, 0.2) is 18.2 Å². The van der Waals surface area contributed by atoms with Crippen LogP contribution in [0.4, 0.5) is 11.4 Å². The van der Waals surface area contributed by atoms with Crippen LogP contribution in [0.5, 0.6) is 0 Å². The third kappa shape index (κ3) is 3.78. The highest BCUT2D eigenvalue weighted by Gasteiger charge is 2.16. The minimum absolute atomic E-state index is 0.402. The summed E-state index contributed by atoms with van der Waals surface area (Å²) in [7, 11) is -3.29. The van der Waals surface area contributed by atoms with Crippen LogP contribution in [0.2, 0.25) is 5.02 Å². The van der Waals surface area contributed by atoms with Crippen molar-refractivity contribution in [2.75, 3.05) is 22.8 Å². The molecule has 6 heteroatoms. The quantitative estimate of drug-likeness (QED) is 0.876. The van der Waals surface area contributed by atoms with Crippen molar-refractivity contribution in [2.45, 2.75) is 19.3 Å². The lowest BCUT2D eigenvalue weighted by atomic mass is 9.85. The van der Waals surface area contributed by atoms with E-state index in [9.17, 15) is 8.42 Å². The van der Waals surface area contributed by atoms with Crippen LogP contribution in [0, 0.1) is 5.92 Å². The van der Waals surface area contributed by atoms with Crippen LogP contribution in [-0.2, 0) is 10.0 Å². The molecule has 0 bridgehead atoms. The maximum atomic E-state index is 11.1. The third-order valence-electron chi connectivity index (χ3n) is 3.08. The van der Waals surface area contributed by atoms with E-state index in [0.29, 0.717) is 10.7 Å². The lowest BCUT2D eigenvalue weighted by Crippen LogP contribution is -2.20. The number of anilines is 2. The molecule has 0 spiro atoms. The predicted octanol–water partition coefficient (Wildman–Crippen LogP) is 2.92. The zero-order valence-electron chi connectivity index (χ0n) is 10.2. The third-order valence-corrected chi connectivity index (χ3v) is 3.99. The number of hydrogen-bond acceptors (Lipinski definition) is 3. The highest BCUT2D eigenvalue weighted by atomic mass is 35.5. The molecule has 0 aromatic heterocycles. The molecule has 18 heavy (non-hydrogen) atoms. The smallest absolute Gasteiger partial charge is 0.229 e. The van der Waals surface area contributed by atoms with Crippen LogP contribution >= 0.6 is 11.6 Å². The second-order valence-electron chi connectivity index (χ2n) is 4.75. The molecule has 1 aliphatic carbocycles. The Labute approximate surface area is 113 Å². The summed E-state index contributed by atoms with van der Waals surface area (Å²) >= 11 is 6.03. The molecule has 1 aromatic carbocycles. The van der Waals surface area contributed by atoms with Gasteiger partial charge in [0, 0.05) is 12.2 Å². The van der Waals surface area contributed by atoms with Crippen molar-refractivity contribution in [3.63, 3.8) is 0 Å². The average molecular weight is 289 g/mol. The Morgan fingerprint density at radius 2 is 2.11 bits per heavy atom. The van der Waals surface area contributed by atoms with E-state index in [1.807, 2.05) is 6.07 Å². The Morgan fingerprint density at radius 3 is 2.61 bits per heavy atom. The average Bonchev–Trinajstić information content (AvgIpc) is 2.18. The van der Waals surface area contributed by atoms with E-state index in [4.69, 9.17) is 11.6 Å². The van der Waals surface area contributed by atoms with Crippen molar-refractivity contribution in [2.24, 2.45) is 5.92 Å². The second kappa shape index (κ2) is 5.36. The summed E-state index contributed by atoms with van der Waals surface area (Å²) in [6, 6.07) is 5.25. The Kier molecular flexibility index (Phi) is 4.02. The molecular weight excluding hydrogens is 272 g/mol. The molecule has 1 saturated carbocycles. The van der Waals surface area contributed by atoms with E-state index in [1.165, 1.54) is 19.3 Å². The van der Waals surface area contributed by atoms with Gasteiger partial charge >= 0.3 is 0 Å². The van der Waals surface area contributed by atoms with Gasteiger partial charge in [-0.25, -0.2) is 8.42 Å². The Bertz CT molecular complexity index is 527. The Balaban J connectivity index is 1.99. The first kappa shape index (κ1) is 13.5. The fourth-order valence-electron chi connectivity index (χ4n) is 1.87. The normalized spacial score (nSPS) is 16.1. The van der Waals surface area contributed by atoms with Gasteiger partial charge in [-0.15, -0.1) is 0 Å². The summed E-state index contributed by atoms with van der Waals surface area (Å²) < 4.78 is 24.6. The lowest BCUT2D eigenvalue weighted by molar-refractivity contribution is 0.333. The summed E-state index contributed by atoms with van der Waals surface area (Å²) in [5, 5.41) is 3.72. The van der Waals surface area contributed by atoms with Crippen LogP contribution < -0.4 is 10.0 Å². The highest BCUT2D eigenvalue weighted by molar-refractivity contribution is 7.92. The van der Waals surface area contributed by atoms with E-state index in [1.54, 1.807) is 12.1 Å². The first-order chi connectivity index (χ1) is 8.44. The van der Waals surface area contributed by atoms with E-state index in [-0.39, 0.29) is 0 Å². The molecular formula is C12H17ClN2O2S. The van der Waals surface area contributed by atoms with E-state index in [2.05, 4.69) is 10.0 Å². The summed E-state index contributed by atoms with van der Waals surface area (Å²) in [6.07, 6.45) is 5.00. The molecule has 1 fully saturated rings. The van der Waals surface area contributed by atoms with E-state index >= 15 is 0 Å². The molecule has 4 nitrogen and oxygen atoms in total. The van der Waals surface area contributed by atoms with Gasteiger partial charge in [-0.3, -0.25) is 4.72 Å². The van der Waals surface area contributed by atoms with Gasteiger partial charge in [-0.2, -0.15) is 0 Å². The maximum Gasteiger partial charge on any atom is 0.229 e. The number of halogens is 1. The maximum absolute atomic E-state index is 11.1. The van der Waals surface area contributed by atoms with Gasteiger partial charge in [0.1, 0.15) is 0 Å². The van der Waals surface area contributed by atoms with Gasteiger partial charge in [-0.1, -0.05) is 18.0 Å². The molecule has 0 heterocycles. The predicted molar refractivity (Wildman–Crippen MR) is 75.7 cm³/mol. The molecule has 2 N–H and O–H groups in total. The molecule has 0 radical (unpaired) electrons. The number of hydrogen-bond donors (Lipinski definition) is 2. The molecule has 0 atom stereocenters. The molecule has 0 unspecified atom stereocenters. The fourth-order valence-corrected chi connectivity index (χ4v) is 2.73. The van der Waals surface area contributed by atoms with Crippen LogP contribution in [0.25, 0.3) is 0 Å². The number of benzene rings is 1. The summed E-state index contributed by atoms with van der Waals surface area (Å²) in [6.45, 7) is 0.954. The van der Waals surface area contributed by atoms with Crippen molar-refractivity contribution in [3.8, 4) is 0 Å². The fraction of sp³-hybridized carbons (Fsp3) is 0.500. The summed E-state index contributed by atoms with van der Waals surface area (Å²) in [5.74, 6) is 0.762. The van der Waals surface area contributed by atoms with Crippen molar-refractivity contribution < 1.29 is 8.42 Å². The van der Waals surface area contributed by atoms with Gasteiger partial charge in [0.25, 0.3) is 0 Å². The van der Waals surface area contributed by atoms with Crippen LogP contribution in [0.1, 0.15) is 19.3 Å². The number of sulfonamides is 1. The monoisotopic (exact) mass is 288 g/mol. The lowest BCUT2D eigenvalue weighted by Gasteiger charge is -2.26. The van der Waals surface area contributed by atoms with Crippen molar-refractivity contribution in [1.82, 2.24) is 0 Å². The van der Waals surface area contributed by atoms with Gasteiger partial charge in [-0.05, 0) is 37.0 Å². The van der Waals surface area contributed by atoms with Gasteiger partial charge in [0.2, 0.25) is 10.0 Å². The topological polar surface area (TPSA) is 58.2 Å². The van der Waals surface area contributed by atoms with Crippen molar-refractivity contribution in [1.29, 1.82) is 0 Å². The van der Waals surface area contributed by atoms with Gasteiger partial charge in [0.15, 0.2) is 0 Å². The Hall–Kier alpha value is -0.940. The van der Waals surface area contributed by atoms with Crippen LogP contribution in [-0.4, -0.2) is 21.2 Å². The minimum atomic E-state index is -3.29. The van der Waals surface area contributed by atoms with Gasteiger partial charge < -0.3 is 5.32 Å². The zero-order valence-corrected chi connectivity index (χ0v) is 11.8. The first-order valence-electron chi connectivity index (χ1n) is 5.95. The van der Waals surface area contributed by atoms with Crippen molar-refractivity contribution >= 4 is 33.0 Å². The molecule has 1 aliphatic rings. The standard InChI is InChI=1S/C12H17ClN2O2S/c1-18(16,17)15-12-6-5-10(7-11(12)13)14-8-9-3-2-4-9/h5-7,9,14-15H,2-4,8H2,1H3. The molecule has 1 aromatic rings. The molecule has 0 amide bonds. The number of rotatable bonds is 5. The molecule has 0 saturated heterocycles. The Morgan fingerprint density at radius 1 is 1.39 bits per heavy atom.